The second-order valence-electron chi connectivity index (χ2n) is 1.86. The van der Waals surface area contributed by atoms with Crippen LogP contribution in [0, 0.1) is 5.82 Å². The van der Waals surface area contributed by atoms with Crippen molar-refractivity contribution >= 4 is 24.5 Å². The third-order valence-electron chi connectivity index (χ3n) is 1.14. The van der Waals surface area contributed by atoms with E-state index in [1.54, 1.807) is 6.07 Å². The number of rotatable bonds is 2. The second-order valence-corrected chi connectivity index (χ2v) is 5.59. The Morgan fingerprint density at radius 3 is 2.70 bits per heavy atom. The molecule has 0 aliphatic carbocycles. The van der Waals surface area contributed by atoms with Crippen LogP contribution >= 0.6 is 0 Å². The van der Waals surface area contributed by atoms with Gasteiger partial charge in [0.2, 0.25) is 0 Å². The molecular formula is C8H9FTe. The summed E-state index contributed by atoms with van der Waals surface area (Å²) in [6.45, 7) is 2.11. The van der Waals surface area contributed by atoms with Gasteiger partial charge in [-0.1, -0.05) is 0 Å². The molecule has 0 fully saturated rings. The Balaban J connectivity index is 2.81. The molecule has 0 amide bonds. The van der Waals surface area contributed by atoms with Gasteiger partial charge < -0.3 is 0 Å². The van der Waals surface area contributed by atoms with Gasteiger partial charge in [-0.15, -0.1) is 0 Å². The van der Waals surface area contributed by atoms with Crippen molar-refractivity contribution in [1.29, 1.82) is 0 Å². The van der Waals surface area contributed by atoms with Crippen molar-refractivity contribution in [2.45, 2.75) is 11.4 Å². The maximum absolute atomic E-state index is 12.8. The van der Waals surface area contributed by atoms with E-state index in [4.69, 9.17) is 0 Å². The molecule has 0 unspecified atom stereocenters. The second kappa shape index (κ2) is 3.95. The molecule has 0 aliphatic heterocycles. The van der Waals surface area contributed by atoms with E-state index in [0.29, 0.717) is 0 Å². The predicted molar refractivity (Wildman–Crippen MR) is 42.3 cm³/mol. The van der Waals surface area contributed by atoms with Gasteiger partial charge in [0.05, 0.1) is 0 Å². The van der Waals surface area contributed by atoms with Crippen molar-refractivity contribution in [3.8, 4) is 0 Å². The van der Waals surface area contributed by atoms with E-state index in [-0.39, 0.29) is 26.7 Å². The van der Waals surface area contributed by atoms with Gasteiger partial charge in [0, 0.05) is 0 Å². The number of hydrogen-bond acceptors (Lipinski definition) is 0. The van der Waals surface area contributed by atoms with Crippen molar-refractivity contribution in [3.63, 3.8) is 0 Å². The van der Waals surface area contributed by atoms with Crippen LogP contribution in [-0.4, -0.2) is 20.9 Å². The Hall–Kier alpha value is -0.0604. The third-order valence-corrected chi connectivity index (χ3v) is 3.79. The maximum atomic E-state index is 12.8. The molecule has 0 aliphatic rings. The quantitative estimate of drug-likeness (QED) is 0.701. The summed E-state index contributed by atoms with van der Waals surface area (Å²) in [4.78, 5) is 0. The molecule has 2 heteroatoms. The summed E-state index contributed by atoms with van der Waals surface area (Å²) in [5.41, 5.74) is 0. The summed E-state index contributed by atoms with van der Waals surface area (Å²) in [6, 6.07) is 7.07. The first-order valence-corrected chi connectivity index (χ1v) is 6.03. The van der Waals surface area contributed by atoms with Crippen molar-refractivity contribution in [1.82, 2.24) is 0 Å². The molecular weight excluding hydrogens is 243 g/mol. The molecule has 1 aromatic carbocycles. The fourth-order valence-corrected chi connectivity index (χ4v) is 2.69. The van der Waals surface area contributed by atoms with Gasteiger partial charge in [0.1, 0.15) is 0 Å². The number of hydrogen-bond donors (Lipinski definition) is 0. The van der Waals surface area contributed by atoms with Gasteiger partial charge in [0.15, 0.2) is 0 Å². The van der Waals surface area contributed by atoms with Crippen LogP contribution in [0.25, 0.3) is 0 Å². The van der Waals surface area contributed by atoms with Gasteiger partial charge in [-0.2, -0.15) is 0 Å². The summed E-state index contributed by atoms with van der Waals surface area (Å²) in [5.74, 6) is -0.0215. The Kier molecular flexibility index (Phi) is 3.18. The van der Waals surface area contributed by atoms with Gasteiger partial charge in [-0.25, -0.2) is 0 Å². The van der Waals surface area contributed by atoms with Gasteiger partial charge in [0.25, 0.3) is 0 Å². The number of halogens is 1. The van der Waals surface area contributed by atoms with Gasteiger partial charge in [-0.3, -0.25) is 0 Å². The molecule has 0 nitrogen and oxygen atoms in total. The van der Waals surface area contributed by atoms with Crippen LogP contribution < -0.4 is 3.61 Å². The van der Waals surface area contributed by atoms with E-state index in [1.165, 1.54) is 6.07 Å². The molecule has 54 valence electrons. The molecule has 0 aromatic heterocycles. The van der Waals surface area contributed by atoms with Crippen LogP contribution in [-0.2, 0) is 0 Å². The van der Waals surface area contributed by atoms with E-state index < -0.39 is 0 Å². The van der Waals surface area contributed by atoms with E-state index in [0.717, 1.165) is 8.08 Å². The molecule has 0 radical (unpaired) electrons. The summed E-state index contributed by atoms with van der Waals surface area (Å²) >= 11 is -0.232. The van der Waals surface area contributed by atoms with E-state index in [1.807, 2.05) is 12.1 Å². The van der Waals surface area contributed by atoms with Crippen LogP contribution in [0.1, 0.15) is 6.92 Å². The first kappa shape index (κ1) is 8.04. The minimum absolute atomic E-state index is 0.0215. The fourth-order valence-electron chi connectivity index (χ4n) is 0.717. The molecule has 10 heavy (non-hydrogen) atoms. The van der Waals surface area contributed by atoms with Gasteiger partial charge in [-0.05, 0) is 0 Å². The zero-order valence-electron chi connectivity index (χ0n) is 5.80. The molecule has 0 spiro atoms. The van der Waals surface area contributed by atoms with Crippen molar-refractivity contribution in [3.05, 3.63) is 30.1 Å². The summed E-state index contributed by atoms with van der Waals surface area (Å²) in [7, 11) is 0. The fraction of sp³-hybridized carbons (Fsp3) is 0.250. The number of benzene rings is 1. The Bertz CT molecular complexity index is 210. The van der Waals surface area contributed by atoms with Crippen molar-refractivity contribution in [2.75, 3.05) is 0 Å². The molecule has 0 atom stereocenters. The predicted octanol–water partition coefficient (Wildman–Crippen LogP) is 1.59. The molecule has 0 heterocycles. The Labute approximate surface area is 70.5 Å². The zero-order valence-corrected chi connectivity index (χ0v) is 8.13. The minimum atomic E-state index is -0.232. The first-order chi connectivity index (χ1) is 4.84. The summed E-state index contributed by atoms with van der Waals surface area (Å²) in [5, 5.41) is 0. The average Bonchev–Trinajstić information content (AvgIpc) is 1.94. The average molecular weight is 252 g/mol. The standard InChI is InChI=1S/C8H9FTe/c1-2-10-8-6-4-3-5-7(8)9/h3-6H,2H2,1H3. The van der Waals surface area contributed by atoms with Gasteiger partial charge >= 0.3 is 70.4 Å². The third kappa shape index (κ3) is 1.97. The SMILES string of the molecule is CC[Te]c1ccccc1F. The normalized spacial score (nSPS) is 9.80. The van der Waals surface area contributed by atoms with Crippen LogP contribution in [0.5, 0.6) is 0 Å². The van der Waals surface area contributed by atoms with Crippen LogP contribution in [0.3, 0.4) is 0 Å². The van der Waals surface area contributed by atoms with Crippen molar-refractivity contribution in [2.24, 2.45) is 0 Å². The molecule has 0 N–H and O–H groups in total. The molecule has 1 rings (SSSR count). The molecule has 0 saturated carbocycles. The van der Waals surface area contributed by atoms with Crippen LogP contribution in [0.4, 0.5) is 4.39 Å². The first-order valence-electron chi connectivity index (χ1n) is 3.22. The van der Waals surface area contributed by atoms with Crippen molar-refractivity contribution < 1.29 is 4.39 Å². The zero-order chi connectivity index (χ0) is 7.40. The monoisotopic (exact) mass is 254 g/mol. The molecule has 1 aromatic rings. The van der Waals surface area contributed by atoms with E-state index in [9.17, 15) is 4.39 Å². The Morgan fingerprint density at radius 1 is 1.40 bits per heavy atom. The molecule has 0 bridgehead atoms. The summed E-state index contributed by atoms with van der Waals surface area (Å²) in [6.07, 6.45) is 0. The topological polar surface area (TPSA) is 0 Å². The van der Waals surface area contributed by atoms with E-state index >= 15 is 0 Å². The summed E-state index contributed by atoms with van der Waals surface area (Å²) < 4.78 is 14.9. The van der Waals surface area contributed by atoms with Crippen LogP contribution in [0.15, 0.2) is 24.3 Å². The van der Waals surface area contributed by atoms with E-state index in [2.05, 4.69) is 6.92 Å². The molecule has 0 saturated heterocycles. The Morgan fingerprint density at radius 2 is 2.10 bits per heavy atom. The van der Waals surface area contributed by atoms with Crippen LogP contribution in [0.2, 0.25) is 4.47 Å².